The minimum absolute atomic E-state index is 0.0251. The second kappa shape index (κ2) is 11.4. The topological polar surface area (TPSA) is 82.8 Å². The first-order valence-corrected chi connectivity index (χ1v) is 13.8. The number of halogens is 1. The Balaban J connectivity index is 1.51. The van der Waals surface area contributed by atoms with Crippen LogP contribution in [0, 0.1) is 0 Å². The largest absolute Gasteiger partial charge is 0.489 e. The Morgan fingerprint density at radius 3 is 2.36 bits per heavy atom. The first kappa shape index (κ1) is 26.0. The summed E-state index contributed by atoms with van der Waals surface area (Å²) in [6.07, 6.45) is 3.18. The molecule has 0 amide bonds. The molecule has 1 aliphatic carbocycles. The molecule has 1 aliphatic rings. The molecule has 0 saturated carbocycles. The molecule has 0 unspecified atom stereocenters. The van der Waals surface area contributed by atoms with E-state index in [-0.39, 0.29) is 16.4 Å². The van der Waals surface area contributed by atoms with Crippen molar-refractivity contribution in [2.24, 2.45) is 4.99 Å². The van der Waals surface area contributed by atoms with Gasteiger partial charge in [-0.15, -0.1) is 0 Å². The molecule has 3 aromatic carbocycles. The van der Waals surface area contributed by atoms with Crippen molar-refractivity contribution in [2.45, 2.75) is 11.8 Å². The molecule has 0 spiro atoms. The summed E-state index contributed by atoms with van der Waals surface area (Å²) in [6.45, 7) is 2.08. The second-order valence-electron chi connectivity index (χ2n) is 8.23. The van der Waals surface area contributed by atoms with Gasteiger partial charge in [0.25, 0.3) is 0 Å². The smallest absolute Gasteiger partial charge is 0.339 e. The van der Waals surface area contributed by atoms with Crippen LogP contribution in [0.15, 0.2) is 136 Å². The van der Waals surface area contributed by atoms with Gasteiger partial charge in [0, 0.05) is 34.5 Å². The van der Waals surface area contributed by atoms with Crippen LogP contribution in [0.25, 0.3) is 16.9 Å². The molecular weight excluding hydrogens is 534 g/mol. The molecule has 1 aromatic heterocycles. The molecule has 0 bridgehead atoms. The summed E-state index contributed by atoms with van der Waals surface area (Å²) >= 11 is 6.05. The summed E-state index contributed by atoms with van der Waals surface area (Å²) in [4.78, 5) is 4.68. The van der Waals surface area contributed by atoms with Crippen LogP contribution < -0.4 is 0 Å². The summed E-state index contributed by atoms with van der Waals surface area (Å²) in [6, 6.07) is 26.8. The summed E-state index contributed by atoms with van der Waals surface area (Å²) < 4.78 is 38.1. The lowest BCUT2D eigenvalue weighted by atomic mass is 10.1. The first-order chi connectivity index (χ1) is 18.9. The van der Waals surface area contributed by atoms with Gasteiger partial charge in [-0.05, 0) is 49.1 Å². The lowest BCUT2D eigenvalue weighted by Crippen LogP contribution is -2.10. The average molecular weight is 556 g/mol. The molecule has 5 rings (SSSR count). The number of aromatic nitrogens is 2. The zero-order chi connectivity index (χ0) is 27.2. The van der Waals surface area contributed by atoms with Gasteiger partial charge in [0.05, 0.1) is 18.0 Å². The normalized spacial score (nSPS) is 13.1. The predicted molar refractivity (Wildman–Crippen MR) is 151 cm³/mol. The van der Waals surface area contributed by atoms with Gasteiger partial charge in [0.2, 0.25) is 5.76 Å². The molecular formula is C30H22ClN3O4S. The minimum Gasteiger partial charge on any atom is -0.489 e. The minimum atomic E-state index is -4.07. The molecule has 0 saturated heterocycles. The van der Waals surface area contributed by atoms with Crippen molar-refractivity contribution >= 4 is 33.8 Å². The maximum absolute atomic E-state index is 12.7. The fourth-order valence-electron chi connectivity index (χ4n) is 3.69. The van der Waals surface area contributed by atoms with E-state index in [2.05, 4.69) is 16.5 Å². The number of ether oxygens (including phenoxy) is 1. The van der Waals surface area contributed by atoms with Crippen molar-refractivity contribution in [3.05, 3.63) is 131 Å². The van der Waals surface area contributed by atoms with Crippen molar-refractivity contribution in [3.8, 4) is 16.9 Å². The van der Waals surface area contributed by atoms with Gasteiger partial charge in [0.1, 0.15) is 4.90 Å². The van der Waals surface area contributed by atoms with Crippen LogP contribution in [0.2, 0.25) is 5.02 Å². The monoisotopic (exact) mass is 555 g/mol. The lowest BCUT2D eigenvalue weighted by molar-refractivity contribution is 0.213. The molecule has 0 atom stereocenters. The molecule has 4 aromatic rings. The quantitative estimate of drug-likeness (QED) is 0.129. The Bertz CT molecular complexity index is 1760. The SMILES string of the molecule is CCOC1=CC(C=Nc2cc(-c3ccc(Cl)cc3)nn2-c2ccccc2)=C=C=C1OS(=O)(=O)c1ccccc1. The van der Waals surface area contributed by atoms with Gasteiger partial charge in [0.15, 0.2) is 11.6 Å². The number of allylic oxidation sites excluding steroid dienone is 2. The Kier molecular flexibility index (Phi) is 7.64. The third kappa shape index (κ3) is 6.12. The summed E-state index contributed by atoms with van der Waals surface area (Å²) in [7, 11) is -4.07. The van der Waals surface area contributed by atoms with Crippen LogP contribution in [0.5, 0.6) is 0 Å². The highest BCUT2D eigenvalue weighted by atomic mass is 35.5. The van der Waals surface area contributed by atoms with Gasteiger partial charge in [-0.2, -0.15) is 13.5 Å². The van der Waals surface area contributed by atoms with E-state index >= 15 is 0 Å². The zero-order valence-corrected chi connectivity index (χ0v) is 22.4. The van der Waals surface area contributed by atoms with Crippen LogP contribution >= 0.6 is 11.6 Å². The number of rotatable bonds is 9. The predicted octanol–water partition coefficient (Wildman–Crippen LogP) is 6.80. The van der Waals surface area contributed by atoms with Crippen molar-refractivity contribution in [3.63, 3.8) is 0 Å². The fourth-order valence-corrected chi connectivity index (χ4v) is 4.75. The van der Waals surface area contributed by atoms with Gasteiger partial charge in [-0.1, -0.05) is 65.9 Å². The second-order valence-corrected chi connectivity index (χ2v) is 10.2. The molecule has 7 nitrogen and oxygen atoms in total. The molecule has 0 N–H and O–H groups in total. The van der Waals surface area contributed by atoms with Gasteiger partial charge < -0.3 is 8.92 Å². The summed E-state index contributed by atoms with van der Waals surface area (Å²) in [5.74, 6) is 0.692. The molecule has 0 fully saturated rings. The van der Waals surface area contributed by atoms with Crippen LogP contribution in [-0.2, 0) is 19.0 Å². The molecule has 1 heterocycles. The van der Waals surface area contributed by atoms with E-state index in [0.29, 0.717) is 23.0 Å². The van der Waals surface area contributed by atoms with Crippen LogP contribution in [0.4, 0.5) is 5.82 Å². The number of nitrogens with zero attached hydrogens (tertiary/aromatic N) is 3. The number of hydrogen-bond acceptors (Lipinski definition) is 6. The molecule has 9 heteroatoms. The number of para-hydroxylation sites is 1. The van der Waals surface area contributed by atoms with Crippen molar-refractivity contribution in [1.82, 2.24) is 9.78 Å². The number of benzene rings is 3. The molecule has 0 aliphatic heterocycles. The Morgan fingerprint density at radius 1 is 0.974 bits per heavy atom. The van der Waals surface area contributed by atoms with E-state index in [1.165, 1.54) is 12.1 Å². The van der Waals surface area contributed by atoms with Crippen LogP contribution in [0.1, 0.15) is 6.92 Å². The lowest BCUT2D eigenvalue weighted by Gasteiger charge is -2.13. The van der Waals surface area contributed by atoms with Crippen LogP contribution in [-0.4, -0.2) is 31.0 Å². The van der Waals surface area contributed by atoms with E-state index < -0.39 is 10.1 Å². The maximum atomic E-state index is 12.7. The summed E-state index contributed by atoms with van der Waals surface area (Å²) in [5.41, 5.74) is 8.62. The van der Waals surface area contributed by atoms with E-state index in [4.69, 9.17) is 25.6 Å². The van der Waals surface area contributed by atoms with E-state index in [0.717, 1.165) is 16.9 Å². The highest BCUT2D eigenvalue weighted by molar-refractivity contribution is 7.86. The third-order valence-electron chi connectivity index (χ3n) is 5.52. The van der Waals surface area contributed by atoms with Gasteiger partial charge in [-0.3, -0.25) is 0 Å². The highest BCUT2D eigenvalue weighted by Gasteiger charge is 2.22. The first-order valence-electron chi connectivity index (χ1n) is 12.0. The number of aliphatic imine (C=N–C) groups is 1. The van der Waals surface area contributed by atoms with Crippen molar-refractivity contribution in [1.29, 1.82) is 0 Å². The van der Waals surface area contributed by atoms with E-state index in [1.54, 1.807) is 42.1 Å². The van der Waals surface area contributed by atoms with E-state index in [1.807, 2.05) is 60.7 Å². The average Bonchev–Trinajstić information content (AvgIpc) is 3.39. The van der Waals surface area contributed by atoms with Crippen molar-refractivity contribution in [2.75, 3.05) is 6.61 Å². The summed E-state index contributed by atoms with van der Waals surface area (Å²) in [5, 5.41) is 5.39. The molecule has 194 valence electrons. The fraction of sp³-hybridized carbons (Fsp3) is 0.0667. The zero-order valence-electron chi connectivity index (χ0n) is 20.8. The maximum Gasteiger partial charge on any atom is 0.339 e. The van der Waals surface area contributed by atoms with Crippen LogP contribution in [0.3, 0.4) is 0 Å². The molecule has 39 heavy (non-hydrogen) atoms. The Labute approximate surface area is 231 Å². The highest BCUT2D eigenvalue weighted by Crippen LogP contribution is 2.28. The van der Waals surface area contributed by atoms with Crippen molar-refractivity contribution < 1.29 is 17.3 Å². The standard InChI is InChI=1S/C30H22ClN3O4S/c1-2-37-29-19-22(13-18-28(29)38-39(35,36)26-11-7-4-8-12-26)21-32-30-20-27(23-14-16-24(31)17-15-23)33-34(30)25-9-5-3-6-10-25/h3-12,14-17,19-21H,2H2,1H3. The Morgan fingerprint density at radius 2 is 1.67 bits per heavy atom. The van der Waals surface area contributed by atoms with Gasteiger partial charge >= 0.3 is 10.1 Å². The third-order valence-corrected chi connectivity index (χ3v) is 7.01. The van der Waals surface area contributed by atoms with Gasteiger partial charge in [-0.25, -0.2) is 9.67 Å². The molecule has 0 radical (unpaired) electrons. The number of hydrogen-bond donors (Lipinski definition) is 0. The van der Waals surface area contributed by atoms with E-state index in [9.17, 15) is 8.42 Å². The Hall–Kier alpha value is -4.58.